The van der Waals surface area contributed by atoms with Crippen LogP contribution in [0.2, 0.25) is 0 Å². The Morgan fingerprint density at radius 1 is 0.282 bits per heavy atom. The van der Waals surface area contributed by atoms with Gasteiger partial charge in [-0.3, -0.25) is 0 Å². The lowest BCUT2D eigenvalue weighted by atomic mass is 9.88. The minimum Gasteiger partial charge on any atom is -0.131 e. The van der Waals surface area contributed by atoms with Crippen LogP contribution in [0.25, 0.3) is 0 Å². The standard InChI is InChI=1S/C37H77P.HI/c1-4-7-10-13-16-19-22-25-28-31-34-37(38,35-32-29-26-23-20-17-14-11-8-5-2)36-33-30-27-24-21-18-15-12-9-6-3;/h4-36,38H2,1-3H3;1H. The highest BCUT2D eigenvalue weighted by Crippen LogP contribution is 2.37. The first-order valence-corrected chi connectivity index (χ1v) is 19.0. The molecule has 0 heterocycles. The average Bonchev–Trinajstić information content (AvgIpc) is 2.92. The normalized spacial score (nSPS) is 11.7. The quantitative estimate of drug-likeness (QED) is 0.0368. The fourth-order valence-electron chi connectivity index (χ4n) is 6.27. The number of hydrogen-bond donors (Lipinski definition) is 0. The third kappa shape index (κ3) is 33.5. The lowest BCUT2D eigenvalue weighted by molar-refractivity contribution is 0.401. The molecule has 0 aliphatic carbocycles. The topological polar surface area (TPSA) is 0 Å². The van der Waals surface area contributed by atoms with E-state index in [1.165, 1.54) is 212 Å². The van der Waals surface area contributed by atoms with E-state index in [0.29, 0.717) is 5.16 Å². The zero-order chi connectivity index (χ0) is 27.8. The minimum absolute atomic E-state index is 0. The van der Waals surface area contributed by atoms with E-state index >= 15 is 0 Å². The monoisotopic (exact) mass is 680 g/mol. The third-order valence-corrected chi connectivity index (χ3v) is 9.95. The van der Waals surface area contributed by atoms with E-state index in [1.54, 1.807) is 0 Å². The molecule has 0 aromatic carbocycles. The van der Waals surface area contributed by atoms with E-state index in [2.05, 4.69) is 30.0 Å². The maximum absolute atomic E-state index is 3.41. The van der Waals surface area contributed by atoms with Gasteiger partial charge in [0.15, 0.2) is 0 Å². The molecule has 39 heavy (non-hydrogen) atoms. The third-order valence-electron chi connectivity index (χ3n) is 9.08. The van der Waals surface area contributed by atoms with Gasteiger partial charge < -0.3 is 0 Å². The van der Waals surface area contributed by atoms with Crippen LogP contribution in [-0.4, -0.2) is 5.16 Å². The number of halogens is 1. The zero-order valence-corrected chi connectivity index (χ0v) is 31.3. The molecule has 1 unspecified atom stereocenters. The molecule has 0 aliphatic heterocycles. The Morgan fingerprint density at radius 3 is 0.615 bits per heavy atom. The molecule has 1 atom stereocenters. The van der Waals surface area contributed by atoms with Crippen molar-refractivity contribution in [3.8, 4) is 0 Å². The van der Waals surface area contributed by atoms with Crippen molar-refractivity contribution >= 4 is 33.2 Å². The molecule has 0 amide bonds. The summed E-state index contributed by atoms with van der Waals surface area (Å²) in [7, 11) is 3.41. The largest absolute Gasteiger partial charge is 0.131 e. The Bertz CT molecular complexity index is 364. The van der Waals surface area contributed by atoms with Gasteiger partial charge in [0.2, 0.25) is 0 Å². The summed E-state index contributed by atoms with van der Waals surface area (Å²) < 4.78 is 0. The van der Waals surface area contributed by atoms with Crippen LogP contribution in [0, 0.1) is 0 Å². The van der Waals surface area contributed by atoms with Crippen LogP contribution in [-0.2, 0) is 0 Å². The highest BCUT2D eigenvalue weighted by molar-refractivity contribution is 14.0. The molecule has 0 nitrogen and oxygen atoms in total. The highest BCUT2D eigenvalue weighted by atomic mass is 127. The van der Waals surface area contributed by atoms with Gasteiger partial charge in [0.1, 0.15) is 0 Å². The first-order chi connectivity index (χ1) is 18.7. The van der Waals surface area contributed by atoms with Crippen LogP contribution in [0.3, 0.4) is 0 Å². The summed E-state index contributed by atoms with van der Waals surface area (Å²) in [6.07, 6.45) is 48.2. The van der Waals surface area contributed by atoms with Crippen molar-refractivity contribution in [3.63, 3.8) is 0 Å². The Hall–Kier alpha value is 1.16. The summed E-state index contributed by atoms with van der Waals surface area (Å²) in [4.78, 5) is 0. The summed E-state index contributed by atoms with van der Waals surface area (Å²) in [5, 5.41) is 0.542. The Balaban J connectivity index is 0. The molecule has 0 aromatic heterocycles. The van der Waals surface area contributed by atoms with Crippen LogP contribution in [0.4, 0.5) is 0 Å². The van der Waals surface area contributed by atoms with Crippen molar-refractivity contribution in [1.82, 2.24) is 0 Å². The maximum Gasteiger partial charge on any atom is -0.0150 e. The predicted octanol–water partition coefficient (Wildman–Crippen LogP) is 15.2. The average molecular weight is 681 g/mol. The molecule has 0 fully saturated rings. The second-order valence-electron chi connectivity index (χ2n) is 13.2. The Morgan fingerprint density at radius 2 is 0.436 bits per heavy atom. The molecule has 238 valence electrons. The fraction of sp³-hybridized carbons (Fsp3) is 1.00. The first-order valence-electron chi connectivity index (χ1n) is 18.5. The van der Waals surface area contributed by atoms with Crippen molar-refractivity contribution in [1.29, 1.82) is 0 Å². The Kier molecular flexibility index (Phi) is 38.3. The minimum atomic E-state index is 0. The maximum atomic E-state index is 3.41. The van der Waals surface area contributed by atoms with Crippen LogP contribution in [0.15, 0.2) is 0 Å². The fourth-order valence-corrected chi connectivity index (χ4v) is 6.88. The second-order valence-corrected chi connectivity index (χ2v) is 14.4. The molecular weight excluding hydrogens is 602 g/mol. The molecule has 0 aliphatic rings. The molecule has 0 aromatic rings. The molecule has 0 spiro atoms. The predicted molar refractivity (Wildman–Crippen MR) is 197 cm³/mol. The summed E-state index contributed by atoms with van der Waals surface area (Å²) in [5.41, 5.74) is 0. The van der Waals surface area contributed by atoms with Gasteiger partial charge in [0.05, 0.1) is 0 Å². The molecule has 0 saturated carbocycles. The van der Waals surface area contributed by atoms with Gasteiger partial charge in [0.25, 0.3) is 0 Å². The first kappa shape index (κ1) is 42.3. The van der Waals surface area contributed by atoms with Crippen LogP contribution in [0.5, 0.6) is 0 Å². The van der Waals surface area contributed by atoms with Crippen LogP contribution in [0.1, 0.15) is 233 Å². The smallest absolute Gasteiger partial charge is 0.0150 e. The van der Waals surface area contributed by atoms with Gasteiger partial charge in [0, 0.05) is 0 Å². The van der Waals surface area contributed by atoms with E-state index in [1.807, 2.05) is 0 Å². The molecule has 0 N–H and O–H groups in total. The lowest BCUT2D eigenvalue weighted by Crippen LogP contribution is -2.20. The van der Waals surface area contributed by atoms with Gasteiger partial charge in [-0.05, 0) is 24.4 Å². The number of rotatable bonds is 33. The summed E-state index contributed by atoms with van der Waals surface area (Å²) in [5.74, 6) is 0. The van der Waals surface area contributed by atoms with Gasteiger partial charge >= 0.3 is 0 Å². The van der Waals surface area contributed by atoms with Crippen molar-refractivity contribution in [2.45, 2.75) is 238 Å². The summed E-state index contributed by atoms with van der Waals surface area (Å²) >= 11 is 0. The van der Waals surface area contributed by atoms with Crippen molar-refractivity contribution in [2.75, 3.05) is 0 Å². The van der Waals surface area contributed by atoms with E-state index in [-0.39, 0.29) is 24.0 Å². The zero-order valence-electron chi connectivity index (χ0n) is 27.8. The highest BCUT2D eigenvalue weighted by Gasteiger charge is 2.23. The molecule has 2 heteroatoms. The van der Waals surface area contributed by atoms with Gasteiger partial charge in [-0.2, -0.15) is 0 Å². The van der Waals surface area contributed by atoms with E-state index in [0.717, 1.165) is 0 Å². The SMILES string of the molecule is CCCCCCCCCCCCC(P)(CCCCCCCCCCCC)CCCCCCCCCCCC.I. The molecular formula is C37H78IP. The number of hydrogen-bond acceptors (Lipinski definition) is 0. The number of unbranched alkanes of at least 4 members (excludes halogenated alkanes) is 27. The van der Waals surface area contributed by atoms with Gasteiger partial charge in [-0.1, -0.05) is 213 Å². The van der Waals surface area contributed by atoms with Gasteiger partial charge in [-0.25, -0.2) is 0 Å². The molecule has 0 rings (SSSR count). The van der Waals surface area contributed by atoms with Crippen LogP contribution >= 0.6 is 33.2 Å². The Labute approximate surface area is 269 Å². The van der Waals surface area contributed by atoms with Gasteiger partial charge in [-0.15, -0.1) is 33.2 Å². The van der Waals surface area contributed by atoms with E-state index in [4.69, 9.17) is 0 Å². The molecule has 0 radical (unpaired) electrons. The van der Waals surface area contributed by atoms with Crippen molar-refractivity contribution in [2.24, 2.45) is 0 Å². The summed E-state index contributed by atoms with van der Waals surface area (Å²) in [6, 6.07) is 0. The van der Waals surface area contributed by atoms with Crippen molar-refractivity contribution in [3.05, 3.63) is 0 Å². The lowest BCUT2D eigenvalue weighted by Gasteiger charge is -2.30. The summed E-state index contributed by atoms with van der Waals surface area (Å²) in [6.45, 7) is 6.96. The molecule has 0 bridgehead atoms. The molecule has 0 saturated heterocycles. The second kappa shape index (κ2) is 35.4. The van der Waals surface area contributed by atoms with Crippen molar-refractivity contribution < 1.29 is 0 Å². The van der Waals surface area contributed by atoms with E-state index < -0.39 is 0 Å². The van der Waals surface area contributed by atoms with Crippen LogP contribution < -0.4 is 0 Å². The van der Waals surface area contributed by atoms with E-state index in [9.17, 15) is 0 Å².